The Kier molecular flexibility index (Phi) is 6.79. The fraction of sp³-hybridized carbons (Fsp3) is 0.333. The van der Waals surface area contributed by atoms with Gasteiger partial charge in [0.25, 0.3) is 0 Å². The number of halogens is 1. The van der Waals surface area contributed by atoms with E-state index >= 15 is 0 Å². The summed E-state index contributed by atoms with van der Waals surface area (Å²) in [6.45, 7) is 1.90. The van der Waals surface area contributed by atoms with Gasteiger partial charge in [-0.05, 0) is 36.1 Å². The van der Waals surface area contributed by atoms with Gasteiger partial charge in [-0.1, -0.05) is 72.8 Å². The number of rotatable bonds is 8. The zero-order valence-electron chi connectivity index (χ0n) is 18.9. The largest absolute Gasteiger partial charge is 0.371 e. The Labute approximate surface area is 200 Å². The van der Waals surface area contributed by atoms with E-state index in [1.165, 1.54) is 29.3 Å². The summed E-state index contributed by atoms with van der Waals surface area (Å²) in [6.07, 6.45) is 1.61. The Morgan fingerprint density at radius 1 is 0.912 bits per heavy atom. The molecule has 2 aliphatic rings. The molecule has 34 heavy (non-hydrogen) atoms. The van der Waals surface area contributed by atoms with E-state index in [9.17, 15) is 12.8 Å². The Bertz CT molecular complexity index is 1170. The SMILES string of the molecule is O=S(=O)(NC[C@@H]1CC[C@@H]2[C@@H](CN2CC(c2ccccc2)c2ccccc2)O1)c1ccccc1F. The van der Waals surface area contributed by atoms with Crippen molar-refractivity contribution in [3.05, 3.63) is 102 Å². The molecule has 3 atom stereocenters. The van der Waals surface area contributed by atoms with Crippen LogP contribution in [0.2, 0.25) is 0 Å². The molecule has 0 radical (unpaired) electrons. The highest BCUT2D eigenvalue weighted by Crippen LogP contribution is 2.36. The highest BCUT2D eigenvalue weighted by atomic mass is 32.2. The number of ether oxygens (including phenoxy) is 1. The molecule has 0 aromatic heterocycles. The van der Waals surface area contributed by atoms with Crippen LogP contribution in [0.4, 0.5) is 4.39 Å². The van der Waals surface area contributed by atoms with Crippen molar-refractivity contribution in [1.29, 1.82) is 0 Å². The second-order valence-corrected chi connectivity index (χ2v) is 10.8. The first-order valence-electron chi connectivity index (χ1n) is 11.7. The number of sulfonamides is 1. The van der Waals surface area contributed by atoms with E-state index in [0.717, 1.165) is 32.0 Å². The second kappa shape index (κ2) is 9.96. The highest BCUT2D eigenvalue weighted by Gasteiger charge is 2.44. The molecule has 2 aliphatic heterocycles. The van der Waals surface area contributed by atoms with Crippen molar-refractivity contribution in [3.8, 4) is 0 Å². The normalized spacial score (nSPS) is 22.8. The van der Waals surface area contributed by atoms with E-state index in [-0.39, 0.29) is 29.6 Å². The summed E-state index contributed by atoms with van der Waals surface area (Å²) in [5.74, 6) is -0.464. The van der Waals surface area contributed by atoms with Crippen LogP contribution in [-0.4, -0.2) is 51.2 Å². The molecule has 0 bridgehead atoms. The molecule has 3 aromatic carbocycles. The maximum atomic E-state index is 13.9. The van der Waals surface area contributed by atoms with Crippen LogP contribution in [0.25, 0.3) is 0 Å². The zero-order chi connectivity index (χ0) is 23.5. The van der Waals surface area contributed by atoms with Crippen LogP contribution in [-0.2, 0) is 14.8 Å². The number of hydrogen-bond acceptors (Lipinski definition) is 4. The van der Waals surface area contributed by atoms with Crippen molar-refractivity contribution in [2.24, 2.45) is 0 Å². The molecular weight excluding hydrogens is 451 g/mol. The first kappa shape index (κ1) is 23.2. The van der Waals surface area contributed by atoms with Gasteiger partial charge in [0, 0.05) is 31.6 Å². The summed E-state index contributed by atoms with van der Waals surface area (Å²) in [5.41, 5.74) is 2.60. The predicted molar refractivity (Wildman–Crippen MR) is 130 cm³/mol. The standard InChI is InChI=1S/C27H29FN2O3S/c28-24-13-7-8-14-27(24)34(31,32)29-17-22-15-16-25-26(33-22)19-30(25)18-23(20-9-3-1-4-10-20)21-11-5-2-6-12-21/h1-14,22-23,25-26,29H,15-19H2/t22-,25+,26+/m0/s1. The molecule has 5 nitrogen and oxygen atoms in total. The van der Waals surface area contributed by atoms with Gasteiger partial charge in [-0.2, -0.15) is 0 Å². The minimum Gasteiger partial charge on any atom is -0.371 e. The lowest BCUT2D eigenvalue weighted by atomic mass is 9.85. The minimum absolute atomic E-state index is 0.101. The Morgan fingerprint density at radius 3 is 2.15 bits per heavy atom. The van der Waals surface area contributed by atoms with E-state index in [0.29, 0.717) is 6.04 Å². The third kappa shape index (κ3) is 4.93. The van der Waals surface area contributed by atoms with Gasteiger partial charge in [0.05, 0.1) is 12.2 Å². The van der Waals surface area contributed by atoms with E-state index < -0.39 is 15.8 Å². The van der Waals surface area contributed by atoms with Gasteiger partial charge >= 0.3 is 0 Å². The second-order valence-electron chi connectivity index (χ2n) is 9.05. The molecule has 2 fully saturated rings. The summed E-state index contributed by atoms with van der Waals surface area (Å²) in [4.78, 5) is 2.15. The van der Waals surface area contributed by atoms with Gasteiger partial charge < -0.3 is 4.74 Å². The molecule has 0 aliphatic carbocycles. The Hall–Kier alpha value is -2.58. The molecule has 0 spiro atoms. The summed E-state index contributed by atoms with van der Waals surface area (Å²) in [6, 6.07) is 26.9. The summed E-state index contributed by atoms with van der Waals surface area (Å²) in [7, 11) is -3.91. The summed E-state index contributed by atoms with van der Waals surface area (Å²) in [5, 5.41) is 0. The monoisotopic (exact) mass is 480 g/mol. The summed E-state index contributed by atoms with van der Waals surface area (Å²) < 4.78 is 47.6. The van der Waals surface area contributed by atoms with Crippen LogP contribution in [0.1, 0.15) is 29.9 Å². The van der Waals surface area contributed by atoms with Gasteiger partial charge in [0.2, 0.25) is 10.0 Å². The van der Waals surface area contributed by atoms with Crippen LogP contribution in [0.15, 0.2) is 89.8 Å². The molecule has 2 heterocycles. The van der Waals surface area contributed by atoms with Crippen molar-refractivity contribution < 1.29 is 17.5 Å². The maximum absolute atomic E-state index is 13.9. The van der Waals surface area contributed by atoms with E-state index in [4.69, 9.17) is 4.74 Å². The minimum atomic E-state index is -3.91. The third-order valence-electron chi connectivity index (χ3n) is 6.91. The van der Waals surface area contributed by atoms with Gasteiger partial charge in [-0.15, -0.1) is 0 Å². The fourth-order valence-electron chi connectivity index (χ4n) is 5.07. The smallest absolute Gasteiger partial charge is 0.243 e. The van der Waals surface area contributed by atoms with Crippen molar-refractivity contribution in [2.45, 2.75) is 41.9 Å². The molecule has 0 amide bonds. The van der Waals surface area contributed by atoms with Crippen molar-refractivity contribution in [3.63, 3.8) is 0 Å². The Morgan fingerprint density at radius 2 is 1.53 bits per heavy atom. The first-order valence-corrected chi connectivity index (χ1v) is 13.2. The number of benzene rings is 3. The summed E-state index contributed by atoms with van der Waals surface area (Å²) >= 11 is 0. The van der Waals surface area contributed by atoms with E-state index in [2.05, 4.69) is 58.2 Å². The zero-order valence-corrected chi connectivity index (χ0v) is 19.7. The van der Waals surface area contributed by atoms with Crippen molar-refractivity contribution in [2.75, 3.05) is 19.6 Å². The quantitative estimate of drug-likeness (QED) is 0.526. The van der Waals surface area contributed by atoms with Crippen LogP contribution < -0.4 is 4.72 Å². The molecule has 5 rings (SSSR count). The van der Waals surface area contributed by atoms with Crippen LogP contribution in [0, 0.1) is 5.82 Å². The van der Waals surface area contributed by atoms with E-state index in [1.54, 1.807) is 0 Å². The molecule has 3 aromatic rings. The predicted octanol–water partition coefficient (Wildman–Crippen LogP) is 4.17. The molecular formula is C27H29FN2O3S. The molecule has 2 saturated heterocycles. The van der Waals surface area contributed by atoms with Gasteiger partial charge in [0.1, 0.15) is 10.7 Å². The Balaban J connectivity index is 1.18. The van der Waals surface area contributed by atoms with Crippen LogP contribution in [0.3, 0.4) is 0 Å². The van der Waals surface area contributed by atoms with Gasteiger partial charge in [0.15, 0.2) is 0 Å². The average Bonchev–Trinajstić information content (AvgIpc) is 2.85. The number of nitrogens with zero attached hydrogens (tertiary/aromatic N) is 1. The van der Waals surface area contributed by atoms with Crippen molar-refractivity contribution in [1.82, 2.24) is 9.62 Å². The van der Waals surface area contributed by atoms with E-state index in [1.807, 2.05) is 12.1 Å². The fourth-order valence-corrected chi connectivity index (χ4v) is 6.21. The first-order chi connectivity index (χ1) is 16.5. The van der Waals surface area contributed by atoms with Crippen LogP contribution >= 0.6 is 0 Å². The molecule has 7 heteroatoms. The van der Waals surface area contributed by atoms with Crippen LogP contribution in [0.5, 0.6) is 0 Å². The third-order valence-corrected chi connectivity index (χ3v) is 8.37. The molecule has 0 saturated carbocycles. The highest BCUT2D eigenvalue weighted by molar-refractivity contribution is 7.89. The lowest BCUT2D eigenvalue weighted by molar-refractivity contribution is -0.165. The number of likely N-dealkylation sites (tertiary alicyclic amines) is 1. The molecule has 178 valence electrons. The van der Waals surface area contributed by atoms with Gasteiger partial charge in [-0.25, -0.2) is 17.5 Å². The van der Waals surface area contributed by atoms with Gasteiger partial charge in [-0.3, -0.25) is 4.90 Å². The number of fused-ring (bicyclic) bond motifs is 1. The lowest BCUT2D eigenvalue weighted by Crippen LogP contribution is -2.65. The van der Waals surface area contributed by atoms with Crippen molar-refractivity contribution >= 4 is 10.0 Å². The molecule has 1 N–H and O–H groups in total. The topological polar surface area (TPSA) is 58.6 Å². The average molecular weight is 481 g/mol. The number of hydrogen-bond donors (Lipinski definition) is 1. The maximum Gasteiger partial charge on any atom is 0.243 e. The number of nitrogens with one attached hydrogen (secondary N) is 1. The molecule has 0 unspecified atom stereocenters. The lowest BCUT2D eigenvalue weighted by Gasteiger charge is -2.53.